The van der Waals surface area contributed by atoms with E-state index in [0.29, 0.717) is 5.82 Å². The predicted molar refractivity (Wildman–Crippen MR) is 80.7 cm³/mol. The van der Waals surface area contributed by atoms with Crippen molar-refractivity contribution in [1.82, 2.24) is 20.1 Å². The number of fused-ring (bicyclic) bond motifs is 1. The molecule has 128 valence electrons. The predicted octanol–water partition coefficient (Wildman–Crippen LogP) is 3.22. The van der Waals surface area contributed by atoms with Crippen LogP contribution in [0.15, 0.2) is 18.2 Å². The van der Waals surface area contributed by atoms with E-state index in [1.165, 1.54) is 6.07 Å². The van der Waals surface area contributed by atoms with Crippen molar-refractivity contribution < 1.29 is 18.0 Å². The van der Waals surface area contributed by atoms with Crippen molar-refractivity contribution in [3.8, 4) is 0 Å². The van der Waals surface area contributed by atoms with Gasteiger partial charge in [-0.1, -0.05) is 11.6 Å². The van der Waals surface area contributed by atoms with E-state index in [0.717, 1.165) is 37.3 Å². The highest BCUT2D eigenvalue weighted by Gasteiger charge is 2.33. The Bertz CT molecular complexity index is 774. The SMILES string of the molecule is O=C(NCc1nnc2n1CCC2)Nc1ccc(Cl)c(C(F)(F)F)c1. The van der Waals surface area contributed by atoms with Gasteiger partial charge in [0.05, 0.1) is 17.1 Å². The number of urea groups is 1. The summed E-state index contributed by atoms with van der Waals surface area (Å²) in [5.41, 5.74) is -1.01. The van der Waals surface area contributed by atoms with E-state index in [4.69, 9.17) is 11.6 Å². The van der Waals surface area contributed by atoms with E-state index >= 15 is 0 Å². The molecule has 0 saturated carbocycles. The Morgan fingerprint density at radius 2 is 2.12 bits per heavy atom. The Kier molecular flexibility index (Phi) is 4.35. The number of nitrogens with zero attached hydrogens (tertiary/aromatic N) is 3. The number of rotatable bonds is 3. The number of anilines is 1. The highest BCUT2D eigenvalue weighted by atomic mass is 35.5. The fourth-order valence-electron chi connectivity index (χ4n) is 2.50. The van der Waals surface area contributed by atoms with E-state index < -0.39 is 22.8 Å². The number of carbonyl (C=O) groups is 1. The van der Waals surface area contributed by atoms with Gasteiger partial charge >= 0.3 is 12.2 Å². The molecule has 0 radical (unpaired) electrons. The van der Waals surface area contributed by atoms with Crippen LogP contribution in [0.4, 0.5) is 23.7 Å². The van der Waals surface area contributed by atoms with E-state index in [9.17, 15) is 18.0 Å². The maximum Gasteiger partial charge on any atom is 0.417 e. The minimum absolute atomic E-state index is 0.00398. The Balaban J connectivity index is 1.63. The lowest BCUT2D eigenvalue weighted by Gasteiger charge is -2.12. The average molecular weight is 360 g/mol. The molecule has 1 aromatic carbocycles. The van der Waals surface area contributed by atoms with Crippen molar-refractivity contribution in [3.05, 3.63) is 40.4 Å². The highest BCUT2D eigenvalue weighted by molar-refractivity contribution is 6.31. The molecule has 6 nitrogen and oxygen atoms in total. The highest BCUT2D eigenvalue weighted by Crippen LogP contribution is 2.36. The van der Waals surface area contributed by atoms with Crippen LogP contribution >= 0.6 is 11.6 Å². The van der Waals surface area contributed by atoms with Gasteiger partial charge in [-0.15, -0.1) is 10.2 Å². The van der Waals surface area contributed by atoms with Crippen molar-refractivity contribution in [2.24, 2.45) is 0 Å². The molecule has 3 rings (SSSR count). The van der Waals surface area contributed by atoms with Gasteiger partial charge in [0.25, 0.3) is 0 Å². The van der Waals surface area contributed by atoms with Gasteiger partial charge < -0.3 is 15.2 Å². The van der Waals surface area contributed by atoms with Crippen LogP contribution in [-0.4, -0.2) is 20.8 Å². The molecule has 1 aliphatic rings. The number of benzene rings is 1. The van der Waals surface area contributed by atoms with E-state index in [1.54, 1.807) is 0 Å². The number of alkyl halides is 3. The number of halogens is 4. The van der Waals surface area contributed by atoms with Crippen molar-refractivity contribution in [1.29, 1.82) is 0 Å². The van der Waals surface area contributed by atoms with Gasteiger partial charge in [-0.25, -0.2) is 4.79 Å². The second-order valence-corrected chi connectivity index (χ2v) is 5.69. The summed E-state index contributed by atoms with van der Waals surface area (Å²) in [5, 5.41) is 12.5. The average Bonchev–Trinajstić information content (AvgIpc) is 3.09. The summed E-state index contributed by atoms with van der Waals surface area (Å²) >= 11 is 5.53. The fourth-order valence-corrected chi connectivity index (χ4v) is 2.72. The first-order valence-corrected chi connectivity index (χ1v) is 7.55. The van der Waals surface area contributed by atoms with Crippen LogP contribution in [0.25, 0.3) is 0 Å². The molecule has 0 spiro atoms. The maximum absolute atomic E-state index is 12.8. The number of amides is 2. The zero-order valence-corrected chi connectivity index (χ0v) is 13.1. The lowest BCUT2D eigenvalue weighted by Crippen LogP contribution is -2.29. The van der Waals surface area contributed by atoms with Crippen LogP contribution in [0, 0.1) is 0 Å². The number of hydrogen-bond donors (Lipinski definition) is 2. The van der Waals surface area contributed by atoms with Crippen molar-refractivity contribution >= 4 is 23.3 Å². The minimum Gasteiger partial charge on any atom is -0.331 e. The molecule has 2 N–H and O–H groups in total. The summed E-state index contributed by atoms with van der Waals surface area (Å²) in [5.74, 6) is 1.49. The normalized spacial score (nSPS) is 13.7. The molecule has 1 aliphatic heterocycles. The Morgan fingerprint density at radius 3 is 2.88 bits per heavy atom. The summed E-state index contributed by atoms with van der Waals surface area (Å²) in [6.07, 6.45) is -2.76. The first kappa shape index (κ1) is 16.6. The molecule has 10 heteroatoms. The summed E-state index contributed by atoms with van der Waals surface area (Å²) in [6, 6.07) is 2.54. The van der Waals surface area contributed by atoms with Crippen molar-refractivity contribution in [3.63, 3.8) is 0 Å². The zero-order chi connectivity index (χ0) is 17.3. The molecule has 2 heterocycles. The molecular formula is C14H13ClF3N5O. The summed E-state index contributed by atoms with van der Waals surface area (Å²) in [7, 11) is 0. The lowest BCUT2D eigenvalue weighted by atomic mass is 10.2. The van der Waals surface area contributed by atoms with Gasteiger partial charge in [-0.2, -0.15) is 13.2 Å². The van der Waals surface area contributed by atoms with E-state index in [1.807, 2.05) is 4.57 Å². The second-order valence-electron chi connectivity index (χ2n) is 5.29. The molecule has 2 amide bonds. The van der Waals surface area contributed by atoms with Gasteiger partial charge in [-0.05, 0) is 24.6 Å². The molecule has 2 aromatic rings. The van der Waals surface area contributed by atoms with Gasteiger partial charge in [0.15, 0.2) is 5.82 Å². The molecule has 0 fully saturated rings. The van der Waals surface area contributed by atoms with Crippen LogP contribution in [0.2, 0.25) is 5.02 Å². The number of aryl methyl sites for hydroxylation is 1. The third-order valence-corrected chi connectivity index (χ3v) is 3.95. The first-order chi connectivity index (χ1) is 11.3. The molecular weight excluding hydrogens is 347 g/mol. The Labute approximate surface area is 140 Å². The maximum atomic E-state index is 12.8. The number of hydrogen-bond acceptors (Lipinski definition) is 3. The third kappa shape index (κ3) is 3.45. The molecule has 0 bridgehead atoms. The fraction of sp³-hybridized carbons (Fsp3) is 0.357. The first-order valence-electron chi connectivity index (χ1n) is 7.17. The van der Waals surface area contributed by atoms with Crippen LogP contribution in [-0.2, 0) is 25.7 Å². The summed E-state index contributed by atoms with van der Waals surface area (Å²) in [4.78, 5) is 11.9. The van der Waals surface area contributed by atoms with Gasteiger partial charge in [-0.3, -0.25) is 0 Å². The molecule has 24 heavy (non-hydrogen) atoms. The van der Waals surface area contributed by atoms with Crippen molar-refractivity contribution in [2.75, 3.05) is 5.32 Å². The van der Waals surface area contributed by atoms with E-state index in [-0.39, 0.29) is 12.2 Å². The number of aromatic nitrogens is 3. The lowest BCUT2D eigenvalue weighted by molar-refractivity contribution is -0.137. The van der Waals surface area contributed by atoms with Crippen LogP contribution in [0.1, 0.15) is 23.6 Å². The number of carbonyl (C=O) groups excluding carboxylic acids is 1. The second kappa shape index (κ2) is 6.31. The van der Waals surface area contributed by atoms with Gasteiger partial charge in [0, 0.05) is 18.7 Å². The third-order valence-electron chi connectivity index (χ3n) is 3.62. The van der Waals surface area contributed by atoms with Crippen LogP contribution in [0.3, 0.4) is 0 Å². The van der Waals surface area contributed by atoms with Crippen LogP contribution in [0.5, 0.6) is 0 Å². The smallest absolute Gasteiger partial charge is 0.331 e. The molecule has 0 saturated heterocycles. The molecule has 0 unspecified atom stereocenters. The van der Waals surface area contributed by atoms with E-state index in [2.05, 4.69) is 20.8 Å². The molecule has 1 aromatic heterocycles. The minimum atomic E-state index is -4.59. The zero-order valence-electron chi connectivity index (χ0n) is 12.3. The Morgan fingerprint density at radius 1 is 1.33 bits per heavy atom. The van der Waals surface area contributed by atoms with Crippen LogP contribution < -0.4 is 10.6 Å². The molecule has 0 atom stereocenters. The van der Waals surface area contributed by atoms with Crippen molar-refractivity contribution in [2.45, 2.75) is 32.1 Å². The quantitative estimate of drug-likeness (QED) is 0.884. The monoisotopic (exact) mass is 359 g/mol. The summed E-state index contributed by atoms with van der Waals surface area (Å²) < 4.78 is 40.3. The molecule has 0 aliphatic carbocycles. The van der Waals surface area contributed by atoms with Gasteiger partial charge in [0.1, 0.15) is 5.82 Å². The standard InChI is InChI=1S/C14H13ClF3N5O/c15-10-4-3-8(6-9(10)14(16,17)18)20-13(24)19-7-12-22-21-11-2-1-5-23(11)12/h3-4,6H,1-2,5,7H2,(H2,19,20,24). The topological polar surface area (TPSA) is 71.8 Å². The summed E-state index contributed by atoms with van der Waals surface area (Å²) in [6.45, 7) is 0.936. The number of nitrogens with one attached hydrogen (secondary N) is 2. The Hall–Kier alpha value is -2.29. The largest absolute Gasteiger partial charge is 0.417 e. The van der Waals surface area contributed by atoms with Gasteiger partial charge in [0.2, 0.25) is 0 Å².